The fraction of sp³-hybridized carbons (Fsp3) is 0.368. The number of benzene rings is 1. The number of nitrogens with zero attached hydrogens (tertiary/aromatic N) is 1. The topological polar surface area (TPSA) is 60.5 Å². The highest BCUT2D eigenvalue weighted by Gasteiger charge is 2.16. The molecule has 0 saturated carbocycles. The number of pyridine rings is 1. The maximum absolute atomic E-state index is 11.9. The minimum atomic E-state index is 0.0489. The lowest BCUT2D eigenvalue weighted by atomic mass is 10.1. The predicted molar refractivity (Wildman–Crippen MR) is 90.8 cm³/mol. The van der Waals surface area contributed by atoms with E-state index in [1.807, 2.05) is 42.5 Å². The summed E-state index contributed by atoms with van der Waals surface area (Å²) < 4.78 is 11.2. The number of carbonyl (C=O) groups is 1. The van der Waals surface area contributed by atoms with Crippen LogP contribution in [0.2, 0.25) is 0 Å². The lowest BCUT2D eigenvalue weighted by Gasteiger charge is -2.10. The maximum atomic E-state index is 11.9. The number of amides is 1. The van der Waals surface area contributed by atoms with Crippen LogP contribution >= 0.6 is 0 Å². The molecule has 5 heteroatoms. The van der Waals surface area contributed by atoms with Gasteiger partial charge in [0.2, 0.25) is 11.8 Å². The van der Waals surface area contributed by atoms with Crippen LogP contribution < -0.4 is 10.1 Å². The summed E-state index contributed by atoms with van der Waals surface area (Å²) in [5, 5.41) is 2.94. The summed E-state index contributed by atoms with van der Waals surface area (Å²) >= 11 is 0. The molecule has 24 heavy (non-hydrogen) atoms. The Morgan fingerprint density at radius 3 is 2.96 bits per heavy atom. The van der Waals surface area contributed by atoms with Gasteiger partial charge in [-0.25, -0.2) is 4.98 Å². The number of carbonyl (C=O) groups excluding carboxylic acids is 1. The number of rotatable bonds is 7. The maximum Gasteiger partial charge on any atom is 0.220 e. The molecule has 126 valence electrons. The van der Waals surface area contributed by atoms with Crippen molar-refractivity contribution in [2.45, 2.75) is 38.3 Å². The minimum Gasteiger partial charge on any atom is -0.439 e. The molecule has 1 amide bonds. The largest absolute Gasteiger partial charge is 0.439 e. The molecule has 1 saturated heterocycles. The third-order valence-corrected chi connectivity index (χ3v) is 3.97. The van der Waals surface area contributed by atoms with E-state index in [0.717, 1.165) is 37.2 Å². The molecule has 1 N–H and O–H groups in total. The SMILES string of the molecule is O=C(CC[C@@H]1CCCO1)NCc1ccnc(Oc2ccccc2)c1. The predicted octanol–water partition coefficient (Wildman–Crippen LogP) is 3.45. The van der Waals surface area contributed by atoms with Crippen LogP contribution in [0.3, 0.4) is 0 Å². The van der Waals surface area contributed by atoms with Gasteiger partial charge in [-0.15, -0.1) is 0 Å². The molecule has 3 rings (SSSR count). The molecule has 0 unspecified atom stereocenters. The van der Waals surface area contributed by atoms with Crippen LogP contribution in [0.4, 0.5) is 0 Å². The molecule has 1 aliphatic rings. The Labute approximate surface area is 142 Å². The number of ether oxygens (including phenoxy) is 2. The quantitative estimate of drug-likeness (QED) is 0.846. The van der Waals surface area contributed by atoms with E-state index in [2.05, 4.69) is 10.3 Å². The van der Waals surface area contributed by atoms with Crippen molar-refractivity contribution >= 4 is 5.91 Å². The summed E-state index contributed by atoms with van der Waals surface area (Å²) in [4.78, 5) is 16.1. The van der Waals surface area contributed by atoms with Gasteiger partial charge in [0.05, 0.1) is 6.10 Å². The molecular weight excluding hydrogens is 304 g/mol. The zero-order valence-corrected chi connectivity index (χ0v) is 13.6. The molecule has 1 aromatic heterocycles. The molecule has 0 bridgehead atoms. The Morgan fingerprint density at radius 2 is 2.17 bits per heavy atom. The van der Waals surface area contributed by atoms with E-state index in [1.165, 1.54) is 0 Å². The summed E-state index contributed by atoms with van der Waals surface area (Å²) in [6, 6.07) is 13.2. The second-order valence-corrected chi connectivity index (χ2v) is 5.87. The van der Waals surface area contributed by atoms with Crippen molar-refractivity contribution in [2.75, 3.05) is 6.61 Å². The van der Waals surface area contributed by atoms with E-state index in [0.29, 0.717) is 18.8 Å². The van der Waals surface area contributed by atoms with E-state index in [4.69, 9.17) is 9.47 Å². The molecule has 1 aromatic carbocycles. The first-order chi connectivity index (χ1) is 11.8. The Kier molecular flexibility index (Phi) is 5.80. The van der Waals surface area contributed by atoms with Crippen LogP contribution in [-0.4, -0.2) is 23.6 Å². The van der Waals surface area contributed by atoms with Crippen molar-refractivity contribution in [1.82, 2.24) is 10.3 Å². The molecule has 0 spiro atoms. The lowest BCUT2D eigenvalue weighted by Crippen LogP contribution is -2.23. The van der Waals surface area contributed by atoms with Gasteiger partial charge in [-0.3, -0.25) is 4.79 Å². The third-order valence-electron chi connectivity index (χ3n) is 3.97. The summed E-state index contributed by atoms with van der Waals surface area (Å²) in [6.07, 6.45) is 5.41. The van der Waals surface area contributed by atoms with Crippen LogP contribution in [0.1, 0.15) is 31.2 Å². The molecule has 0 aliphatic carbocycles. The molecule has 2 heterocycles. The van der Waals surface area contributed by atoms with Crippen molar-refractivity contribution in [3.8, 4) is 11.6 Å². The Hall–Kier alpha value is -2.40. The Balaban J connectivity index is 1.46. The second-order valence-electron chi connectivity index (χ2n) is 5.87. The summed E-state index contributed by atoms with van der Waals surface area (Å²) in [5.41, 5.74) is 0.960. The van der Waals surface area contributed by atoms with Crippen LogP contribution in [0, 0.1) is 0 Å². The highest BCUT2D eigenvalue weighted by atomic mass is 16.5. The number of hydrogen-bond donors (Lipinski definition) is 1. The summed E-state index contributed by atoms with van der Waals surface area (Å²) in [7, 11) is 0. The molecule has 1 fully saturated rings. The zero-order valence-electron chi connectivity index (χ0n) is 13.6. The van der Waals surface area contributed by atoms with Crippen LogP contribution in [0.5, 0.6) is 11.6 Å². The molecule has 1 atom stereocenters. The van der Waals surface area contributed by atoms with Crippen molar-refractivity contribution in [3.05, 3.63) is 54.2 Å². The zero-order chi connectivity index (χ0) is 16.6. The average molecular weight is 326 g/mol. The fourth-order valence-corrected chi connectivity index (χ4v) is 2.68. The van der Waals surface area contributed by atoms with Gasteiger partial charge < -0.3 is 14.8 Å². The van der Waals surface area contributed by atoms with E-state index in [9.17, 15) is 4.79 Å². The molecule has 0 radical (unpaired) electrons. The van der Waals surface area contributed by atoms with Crippen molar-refractivity contribution in [1.29, 1.82) is 0 Å². The molecular formula is C19H22N2O3. The Morgan fingerprint density at radius 1 is 1.29 bits per heavy atom. The first kappa shape index (κ1) is 16.5. The number of nitrogens with one attached hydrogen (secondary N) is 1. The standard InChI is InChI=1S/C19H22N2O3/c22-18(9-8-16-7-4-12-23-16)21-14-15-10-11-20-19(13-15)24-17-5-2-1-3-6-17/h1-3,5-6,10-11,13,16H,4,7-9,12,14H2,(H,21,22)/t16-/m0/s1. The lowest BCUT2D eigenvalue weighted by molar-refractivity contribution is -0.121. The monoisotopic (exact) mass is 326 g/mol. The normalized spacial score (nSPS) is 16.8. The number of para-hydroxylation sites is 1. The molecule has 2 aromatic rings. The van der Waals surface area contributed by atoms with Gasteiger partial charge in [0, 0.05) is 31.8 Å². The Bertz CT molecular complexity index is 655. The van der Waals surface area contributed by atoms with Gasteiger partial charge in [-0.2, -0.15) is 0 Å². The van der Waals surface area contributed by atoms with E-state index in [1.54, 1.807) is 6.20 Å². The van der Waals surface area contributed by atoms with Crippen LogP contribution in [0.15, 0.2) is 48.7 Å². The smallest absolute Gasteiger partial charge is 0.220 e. The van der Waals surface area contributed by atoms with Gasteiger partial charge >= 0.3 is 0 Å². The average Bonchev–Trinajstić information content (AvgIpc) is 3.13. The fourth-order valence-electron chi connectivity index (χ4n) is 2.68. The number of aromatic nitrogens is 1. The highest BCUT2D eigenvalue weighted by Crippen LogP contribution is 2.19. The highest BCUT2D eigenvalue weighted by molar-refractivity contribution is 5.75. The van der Waals surface area contributed by atoms with Gasteiger partial charge in [-0.1, -0.05) is 18.2 Å². The molecule has 5 nitrogen and oxygen atoms in total. The van der Waals surface area contributed by atoms with Gasteiger partial charge in [0.25, 0.3) is 0 Å². The second kappa shape index (κ2) is 8.45. The van der Waals surface area contributed by atoms with E-state index >= 15 is 0 Å². The van der Waals surface area contributed by atoms with Gasteiger partial charge in [-0.05, 0) is 43.0 Å². The van der Waals surface area contributed by atoms with Gasteiger partial charge in [0.1, 0.15) is 5.75 Å². The summed E-state index contributed by atoms with van der Waals surface area (Å²) in [6.45, 7) is 1.30. The third kappa shape index (κ3) is 5.06. The minimum absolute atomic E-state index is 0.0489. The van der Waals surface area contributed by atoms with Gasteiger partial charge in [0.15, 0.2) is 0 Å². The van der Waals surface area contributed by atoms with Crippen LogP contribution in [0.25, 0.3) is 0 Å². The van der Waals surface area contributed by atoms with Crippen molar-refractivity contribution in [3.63, 3.8) is 0 Å². The van der Waals surface area contributed by atoms with E-state index in [-0.39, 0.29) is 12.0 Å². The number of hydrogen-bond acceptors (Lipinski definition) is 4. The van der Waals surface area contributed by atoms with E-state index < -0.39 is 0 Å². The molecule has 1 aliphatic heterocycles. The first-order valence-corrected chi connectivity index (χ1v) is 8.36. The summed E-state index contributed by atoms with van der Waals surface area (Å²) in [5.74, 6) is 1.31. The van der Waals surface area contributed by atoms with Crippen molar-refractivity contribution in [2.24, 2.45) is 0 Å². The van der Waals surface area contributed by atoms with Crippen LogP contribution in [-0.2, 0) is 16.1 Å². The van der Waals surface area contributed by atoms with Crippen molar-refractivity contribution < 1.29 is 14.3 Å². The first-order valence-electron chi connectivity index (χ1n) is 8.36.